The highest BCUT2D eigenvalue weighted by Crippen LogP contribution is 2.29. The fraction of sp³-hybridized carbons (Fsp3) is 0.200. The number of fused-ring (bicyclic) bond motifs is 1. The van der Waals surface area contributed by atoms with Crippen LogP contribution < -0.4 is 0 Å². The predicted octanol–water partition coefficient (Wildman–Crippen LogP) is 2.02. The van der Waals surface area contributed by atoms with Crippen molar-refractivity contribution < 1.29 is 14.7 Å². The molecule has 0 fully saturated rings. The Labute approximate surface area is 116 Å². The summed E-state index contributed by atoms with van der Waals surface area (Å²) in [6.45, 7) is 0. The van der Waals surface area contributed by atoms with Gasteiger partial charge in [-0.15, -0.1) is 0 Å². The number of halogens is 2. The molecule has 0 radical (unpaired) electrons. The number of carbonyl (C=O) groups excluding carboxylic acids is 1. The molecule has 8 heteroatoms. The average Bonchev–Trinajstić information content (AvgIpc) is 2.28. The van der Waals surface area contributed by atoms with Gasteiger partial charge in [-0.3, -0.25) is 9.59 Å². The molecule has 1 amide bonds. The van der Waals surface area contributed by atoms with Crippen LogP contribution in [0.3, 0.4) is 0 Å². The predicted molar refractivity (Wildman–Crippen MR) is 71.3 cm³/mol. The maximum atomic E-state index is 11.8. The molecule has 1 atom stereocenters. The number of carboxylic acid groups (broad SMARTS) is 1. The molecule has 0 aromatic heterocycles. The first-order valence-corrected chi connectivity index (χ1v) is 6.52. The molecule has 1 aliphatic heterocycles. The zero-order chi connectivity index (χ0) is 13.3. The van der Waals surface area contributed by atoms with Crippen LogP contribution in [0.1, 0.15) is 0 Å². The third kappa shape index (κ3) is 2.82. The minimum atomic E-state index is -1.01. The molecule has 0 aromatic carbocycles. The van der Waals surface area contributed by atoms with E-state index in [0.717, 1.165) is 11.8 Å². The molecule has 0 bridgehead atoms. The summed E-state index contributed by atoms with van der Waals surface area (Å²) in [6.07, 6.45) is 2.99. The molecule has 1 heterocycles. The quantitative estimate of drug-likeness (QED) is 0.846. The lowest BCUT2D eigenvalue weighted by atomic mass is 9.96. The molecule has 0 saturated heterocycles. The largest absolute Gasteiger partial charge is 0.481 e. The van der Waals surface area contributed by atoms with Crippen LogP contribution in [0.15, 0.2) is 32.2 Å². The van der Waals surface area contributed by atoms with Gasteiger partial charge in [0, 0.05) is 5.03 Å². The maximum absolute atomic E-state index is 11.8. The number of amides is 1. The standard InChI is InChI=1S/C10H6Cl2N2O3S/c11-4-1-5-8(6(12)2-4)13-10(14-9(5)17)18-3-7(15)16/h1-2,5H,3H2,(H,15,16). The number of carbonyl (C=O) groups is 2. The second-order valence-electron chi connectivity index (χ2n) is 3.43. The van der Waals surface area contributed by atoms with Crippen LogP contribution in [-0.2, 0) is 9.59 Å². The number of nitrogens with zero attached hydrogens (tertiary/aromatic N) is 2. The number of allylic oxidation sites excluding steroid dienone is 3. The maximum Gasteiger partial charge on any atom is 0.313 e. The highest BCUT2D eigenvalue weighted by Gasteiger charge is 2.31. The van der Waals surface area contributed by atoms with Crippen molar-refractivity contribution in [3.8, 4) is 0 Å². The van der Waals surface area contributed by atoms with Gasteiger partial charge in [-0.05, 0) is 12.2 Å². The van der Waals surface area contributed by atoms with Crippen LogP contribution in [0.4, 0.5) is 0 Å². The zero-order valence-corrected chi connectivity index (χ0v) is 11.1. The monoisotopic (exact) mass is 304 g/mol. The number of hydrogen-bond donors (Lipinski definition) is 1. The van der Waals surface area contributed by atoms with E-state index in [1.807, 2.05) is 0 Å². The lowest BCUT2D eigenvalue weighted by molar-refractivity contribution is -0.133. The lowest BCUT2D eigenvalue weighted by Gasteiger charge is -2.20. The van der Waals surface area contributed by atoms with Gasteiger partial charge in [0.15, 0.2) is 5.17 Å². The van der Waals surface area contributed by atoms with E-state index in [1.165, 1.54) is 12.2 Å². The number of aliphatic carboxylic acids is 1. The molecule has 2 rings (SSSR count). The van der Waals surface area contributed by atoms with E-state index < -0.39 is 17.8 Å². The summed E-state index contributed by atoms with van der Waals surface area (Å²) < 4.78 is 0. The Morgan fingerprint density at radius 1 is 1.44 bits per heavy atom. The number of carboxylic acids is 1. The Morgan fingerprint density at radius 2 is 2.17 bits per heavy atom. The van der Waals surface area contributed by atoms with Crippen molar-refractivity contribution in [1.82, 2.24) is 0 Å². The number of aliphatic imine (C=N–C) groups is 2. The van der Waals surface area contributed by atoms with Crippen molar-refractivity contribution in [3.63, 3.8) is 0 Å². The second-order valence-corrected chi connectivity index (χ2v) is 5.22. The zero-order valence-electron chi connectivity index (χ0n) is 8.76. The Kier molecular flexibility index (Phi) is 3.89. The summed E-state index contributed by atoms with van der Waals surface area (Å²) in [7, 11) is 0. The van der Waals surface area contributed by atoms with Gasteiger partial charge in [0.2, 0.25) is 0 Å². The third-order valence-electron chi connectivity index (χ3n) is 2.14. The molecule has 94 valence electrons. The van der Waals surface area contributed by atoms with Crippen molar-refractivity contribution in [2.75, 3.05) is 5.75 Å². The Bertz CT molecular complexity index is 551. The van der Waals surface area contributed by atoms with E-state index in [-0.39, 0.29) is 16.0 Å². The van der Waals surface area contributed by atoms with Crippen LogP contribution in [0.5, 0.6) is 0 Å². The van der Waals surface area contributed by atoms with Crippen molar-refractivity contribution in [2.45, 2.75) is 0 Å². The molecule has 2 aliphatic rings. The average molecular weight is 305 g/mol. The van der Waals surface area contributed by atoms with Gasteiger partial charge in [0.25, 0.3) is 5.91 Å². The highest BCUT2D eigenvalue weighted by atomic mass is 35.5. The summed E-state index contributed by atoms with van der Waals surface area (Å²) in [4.78, 5) is 30.0. The molecular formula is C10H6Cl2N2O3S. The van der Waals surface area contributed by atoms with Crippen LogP contribution >= 0.6 is 35.0 Å². The smallest absolute Gasteiger partial charge is 0.313 e. The topological polar surface area (TPSA) is 79.1 Å². The summed E-state index contributed by atoms with van der Waals surface area (Å²) in [5.74, 6) is -2.35. The van der Waals surface area contributed by atoms with E-state index in [1.54, 1.807) is 0 Å². The normalized spacial score (nSPS) is 22.6. The Morgan fingerprint density at radius 3 is 2.83 bits per heavy atom. The van der Waals surface area contributed by atoms with Gasteiger partial charge in [0.1, 0.15) is 5.92 Å². The molecule has 18 heavy (non-hydrogen) atoms. The molecule has 0 aromatic rings. The van der Waals surface area contributed by atoms with Crippen molar-refractivity contribution in [2.24, 2.45) is 15.9 Å². The van der Waals surface area contributed by atoms with Crippen molar-refractivity contribution >= 4 is 57.7 Å². The minimum Gasteiger partial charge on any atom is -0.481 e. The van der Waals surface area contributed by atoms with E-state index in [0.29, 0.717) is 10.7 Å². The van der Waals surface area contributed by atoms with Gasteiger partial charge in [-0.1, -0.05) is 35.0 Å². The van der Waals surface area contributed by atoms with Crippen LogP contribution in [0.25, 0.3) is 0 Å². The first-order chi connectivity index (χ1) is 8.47. The highest BCUT2D eigenvalue weighted by molar-refractivity contribution is 8.14. The molecule has 1 N–H and O–H groups in total. The van der Waals surface area contributed by atoms with Gasteiger partial charge in [-0.25, -0.2) is 4.99 Å². The number of hydrogen-bond acceptors (Lipinski definition) is 4. The van der Waals surface area contributed by atoms with Gasteiger partial charge in [-0.2, -0.15) is 4.99 Å². The van der Waals surface area contributed by atoms with Gasteiger partial charge >= 0.3 is 5.97 Å². The SMILES string of the molecule is O=C(O)CSC1=NC(=O)C2C=C(Cl)C=C(Cl)C2=N1. The first-order valence-electron chi connectivity index (χ1n) is 4.78. The fourth-order valence-corrected chi connectivity index (χ4v) is 2.56. The lowest BCUT2D eigenvalue weighted by Crippen LogP contribution is -2.28. The third-order valence-corrected chi connectivity index (χ3v) is 3.51. The number of amidine groups is 1. The minimum absolute atomic E-state index is 0.103. The van der Waals surface area contributed by atoms with E-state index >= 15 is 0 Å². The van der Waals surface area contributed by atoms with Crippen LogP contribution in [0.2, 0.25) is 0 Å². The Balaban J connectivity index is 2.26. The molecular weight excluding hydrogens is 299 g/mol. The van der Waals surface area contributed by atoms with Gasteiger partial charge in [0.05, 0.1) is 16.5 Å². The summed E-state index contributed by atoms with van der Waals surface area (Å²) in [5, 5.41) is 9.28. The molecule has 5 nitrogen and oxygen atoms in total. The van der Waals surface area contributed by atoms with E-state index in [9.17, 15) is 9.59 Å². The van der Waals surface area contributed by atoms with Crippen molar-refractivity contribution in [3.05, 3.63) is 22.2 Å². The summed E-state index contributed by atoms with van der Waals surface area (Å²) >= 11 is 12.6. The van der Waals surface area contributed by atoms with Crippen LogP contribution in [0, 0.1) is 5.92 Å². The molecule has 1 unspecified atom stereocenters. The molecule has 0 saturated carbocycles. The first kappa shape index (κ1) is 13.3. The van der Waals surface area contributed by atoms with Crippen LogP contribution in [-0.4, -0.2) is 33.6 Å². The summed E-state index contributed by atoms with van der Waals surface area (Å²) in [6, 6.07) is 0. The molecule has 0 spiro atoms. The number of thioether (sulfide) groups is 1. The molecule has 1 aliphatic carbocycles. The van der Waals surface area contributed by atoms with Crippen molar-refractivity contribution in [1.29, 1.82) is 0 Å². The van der Waals surface area contributed by atoms with E-state index in [2.05, 4.69) is 9.98 Å². The number of rotatable bonds is 2. The Hall–Kier alpha value is -1.11. The summed E-state index contributed by atoms with van der Waals surface area (Å²) in [5.41, 5.74) is 0.356. The van der Waals surface area contributed by atoms with E-state index in [4.69, 9.17) is 28.3 Å². The fourth-order valence-electron chi connectivity index (χ4n) is 1.42. The van der Waals surface area contributed by atoms with Gasteiger partial charge < -0.3 is 5.11 Å². The second kappa shape index (κ2) is 5.26.